The molecule has 8 heteroatoms. The number of anilines is 1. The molecule has 1 aliphatic heterocycles. The van der Waals surface area contributed by atoms with Crippen LogP contribution in [0.1, 0.15) is 48.4 Å². The Morgan fingerprint density at radius 3 is 2.55 bits per heavy atom. The van der Waals surface area contributed by atoms with Gasteiger partial charge in [-0.25, -0.2) is 9.59 Å². The van der Waals surface area contributed by atoms with E-state index in [1.165, 1.54) is 7.11 Å². The number of nitrogens with zero attached hydrogens (tertiary/aromatic N) is 1. The van der Waals surface area contributed by atoms with Crippen LogP contribution in [0.25, 0.3) is 11.0 Å². The van der Waals surface area contributed by atoms with E-state index < -0.39 is 17.7 Å². The number of rotatable bonds is 5. The van der Waals surface area contributed by atoms with Crippen molar-refractivity contribution in [1.29, 1.82) is 0 Å². The summed E-state index contributed by atoms with van der Waals surface area (Å²) in [4.78, 5) is 26.7. The molecular weight excluding hydrogens is 446 g/mol. The summed E-state index contributed by atoms with van der Waals surface area (Å²) in [6.45, 7) is 6.09. The maximum Gasteiger partial charge on any atom is 0.414 e. The average Bonchev–Trinajstić information content (AvgIpc) is 3.38. The second-order valence-electron chi connectivity index (χ2n) is 8.87. The highest BCUT2D eigenvalue weighted by Gasteiger charge is 2.38. The molecule has 3 aromatic rings. The molecule has 7 nitrogen and oxygen atoms in total. The highest BCUT2D eigenvalue weighted by Crippen LogP contribution is 2.47. The molecule has 0 aliphatic carbocycles. The predicted molar refractivity (Wildman–Crippen MR) is 125 cm³/mol. The Labute approximate surface area is 197 Å². The van der Waals surface area contributed by atoms with Crippen LogP contribution in [0.2, 0.25) is 0 Å². The molecule has 0 bridgehead atoms. The summed E-state index contributed by atoms with van der Waals surface area (Å²) >= 11 is 6.28. The maximum atomic E-state index is 13.0. The minimum Gasteiger partial charge on any atom is -0.485 e. The number of halogens is 1. The zero-order valence-electron chi connectivity index (χ0n) is 19.0. The van der Waals surface area contributed by atoms with Gasteiger partial charge in [-0.1, -0.05) is 30.3 Å². The van der Waals surface area contributed by atoms with Gasteiger partial charge in [0, 0.05) is 29.8 Å². The molecule has 0 spiro atoms. The molecule has 0 unspecified atom stereocenters. The largest absolute Gasteiger partial charge is 0.485 e. The molecule has 1 aromatic heterocycles. The number of hydrogen-bond acceptors (Lipinski definition) is 6. The van der Waals surface area contributed by atoms with Gasteiger partial charge >= 0.3 is 12.1 Å². The Morgan fingerprint density at radius 2 is 1.91 bits per heavy atom. The number of carbonyl (C=O) groups is 2. The molecule has 4 rings (SSSR count). The Balaban J connectivity index is 1.83. The van der Waals surface area contributed by atoms with Crippen molar-refractivity contribution in [2.24, 2.45) is 0 Å². The topological polar surface area (TPSA) is 78.2 Å². The summed E-state index contributed by atoms with van der Waals surface area (Å²) in [6.07, 6.45) is -0.471. The van der Waals surface area contributed by atoms with E-state index in [0.717, 1.165) is 11.1 Å². The van der Waals surface area contributed by atoms with Crippen LogP contribution >= 0.6 is 11.6 Å². The number of hydrogen-bond donors (Lipinski definition) is 0. The monoisotopic (exact) mass is 471 g/mol. The molecule has 0 fully saturated rings. The van der Waals surface area contributed by atoms with Gasteiger partial charge in [0.05, 0.1) is 12.8 Å². The average molecular weight is 472 g/mol. The van der Waals surface area contributed by atoms with Crippen LogP contribution in [0.15, 0.2) is 46.9 Å². The summed E-state index contributed by atoms with van der Waals surface area (Å²) in [6, 6.07) is 13.0. The van der Waals surface area contributed by atoms with E-state index in [1.54, 1.807) is 17.0 Å². The standard InChI is InChI=1S/C25H26ClNO6/c1-25(2,3)33-24(29)27-13-16(12-26)21-17-10-20(23(28)30-4)32-22(17)19(11-18(21)27)31-14-15-8-6-5-7-9-15/h5-11,16H,12-14H2,1-4H3/t16-/m0/s1. The molecule has 33 heavy (non-hydrogen) atoms. The fourth-order valence-electron chi connectivity index (χ4n) is 3.90. The maximum absolute atomic E-state index is 13.0. The molecule has 1 aliphatic rings. The molecule has 1 atom stereocenters. The van der Waals surface area contributed by atoms with E-state index in [0.29, 0.717) is 29.0 Å². The highest BCUT2D eigenvalue weighted by molar-refractivity contribution is 6.19. The third-order valence-corrected chi connectivity index (χ3v) is 5.69. The van der Waals surface area contributed by atoms with Crippen molar-refractivity contribution in [2.45, 2.75) is 38.9 Å². The first-order valence-corrected chi connectivity index (χ1v) is 11.2. The Kier molecular flexibility index (Phi) is 6.26. The van der Waals surface area contributed by atoms with E-state index in [9.17, 15) is 9.59 Å². The second kappa shape index (κ2) is 8.98. The van der Waals surface area contributed by atoms with Crippen molar-refractivity contribution in [1.82, 2.24) is 0 Å². The zero-order chi connectivity index (χ0) is 23.8. The van der Waals surface area contributed by atoms with Crippen molar-refractivity contribution in [3.8, 4) is 5.75 Å². The molecule has 174 valence electrons. The summed E-state index contributed by atoms with van der Waals surface area (Å²) in [5, 5.41) is 0.660. The van der Waals surface area contributed by atoms with Crippen molar-refractivity contribution in [3.63, 3.8) is 0 Å². The third kappa shape index (κ3) is 4.64. The van der Waals surface area contributed by atoms with E-state index in [-0.39, 0.29) is 24.2 Å². The van der Waals surface area contributed by atoms with Crippen molar-refractivity contribution in [3.05, 3.63) is 59.4 Å². The first-order valence-electron chi connectivity index (χ1n) is 10.6. The van der Waals surface area contributed by atoms with Crippen LogP contribution in [0.5, 0.6) is 5.75 Å². The van der Waals surface area contributed by atoms with Gasteiger partial charge in [-0.15, -0.1) is 11.6 Å². The fraction of sp³-hybridized carbons (Fsp3) is 0.360. The second-order valence-corrected chi connectivity index (χ2v) is 9.18. The van der Waals surface area contributed by atoms with E-state index in [1.807, 2.05) is 51.1 Å². The molecular formula is C25H26ClNO6. The van der Waals surface area contributed by atoms with E-state index in [2.05, 4.69) is 0 Å². The van der Waals surface area contributed by atoms with Gasteiger partial charge < -0.3 is 18.6 Å². The first-order chi connectivity index (χ1) is 15.7. The SMILES string of the molecule is COC(=O)c1cc2c3c(cc(OCc4ccccc4)c2o1)N(C(=O)OC(C)(C)C)C[C@@H]3CCl. The van der Waals surface area contributed by atoms with Gasteiger partial charge in [0.25, 0.3) is 0 Å². The third-order valence-electron chi connectivity index (χ3n) is 5.32. The predicted octanol–water partition coefficient (Wildman–Crippen LogP) is 5.88. The quantitative estimate of drug-likeness (QED) is 0.341. The van der Waals surface area contributed by atoms with Crippen LogP contribution in [-0.2, 0) is 16.1 Å². The molecule has 2 aromatic carbocycles. The number of fused-ring (bicyclic) bond motifs is 3. The zero-order valence-corrected chi connectivity index (χ0v) is 19.8. The molecule has 0 N–H and O–H groups in total. The summed E-state index contributed by atoms with van der Waals surface area (Å²) < 4.78 is 22.4. The summed E-state index contributed by atoms with van der Waals surface area (Å²) in [5.74, 6) is -0.0213. The Hall–Kier alpha value is -3.19. The van der Waals surface area contributed by atoms with Gasteiger partial charge in [-0.3, -0.25) is 4.90 Å². The van der Waals surface area contributed by atoms with Gasteiger partial charge in [0.15, 0.2) is 11.3 Å². The Bertz CT molecular complexity index is 1180. The lowest BCUT2D eigenvalue weighted by molar-refractivity contribution is 0.0563. The van der Waals surface area contributed by atoms with Crippen LogP contribution < -0.4 is 9.64 Å². The molecule has 1 amide bonds. The van der Waals surface area contributed by atoms with Crippen molar-refractivity contribution < 1.29 is 28.2 Å². The van der Waals surface area contributed by atoms with Gasteiger partial charge in [0.2, 0.25) is 5.76 Å². The normalized spacial score (nSPS) is 15.4. The van der Waals surface area contributed by atoms with Crippen molar-refractivity contribution >= 4 is 40.3 Å². The molecule has 0 radical (unpaired) electrons. The van der Waals surface area contributed by atoms with Crippen molar-refractivity contribution in [2.75, 3.05) is 24.4 Å². The molecule has 2 heterocycles. The molecule has 0 saturated heterocycles. The minimum atomic E-state index is -0.652. The number of esters is 1. The Morgan fingerprint density at radius 1 is 1.18 bits per heavy atom. The summed E-state index contributed by atoms with van der Waals surface area (Å²) in [5.41, 5.74) is 2.17. The fourth-order valence-corrected chi connectivity index (χ4v) is 4.15. The van der Waals surface area contributed by atoms with Crippen LogP contribution in [0, 0.1) is 0 Å². The first kappa shape index (κ1) is 23.0. The minimum absolute atomic E-state index is 0.0505. The number of ether oxygens (including phenoxy) is 3. The number of methoxy groups -OCH3 is 1. The number of alkyl halides is 1. The number of carbonyl (C=O) groups excluding carboxylic acids is 2. The van der Waals surface area contributed by atoms with Crippen LogP contribution in [-0.4, -0.2) is 37.2 Å². The highest BCUT2D eigenvalue weighted by atomic mass is 35.5. The van der Waals surface area contributed by atoms with Gasteiger partial charge in [0.1, 0.15) is 12.2 Å². The van der Waals surface area contributed by atoms with Crippen LogP contribution in [0.3, 0.4) is 0 Å². The lowest BCUT2D eigenvalue weighted by Gasteiger charge is -2.25. The number of benzene rings is 2. The lowest BCUT2D eigenvalue weighted by Crippen LogP contribution is -2.36. The lowest BCUT2D eigenvalue weighted by atomic mass is 9.98. The number of furan rings is 1. The van der Waals surface area contributed by atoms with Gasteiger partial charge in [-0.05, 0) is 38.0 Å². The van der Waals surface area contributed by atoms with Gasteiger partial charge in [-0.2, -0.15) is 0 Å². The smallest absolute Gasteiger partial charge is 0.414 e. The van der Waals surface area contributed by atoms with Crippen LogP contribution in [0.4, 0.5) is 10.5 Å². The van der Waals surface area contributed by atoms with E-state index in [4.69, 9.17) is 30.2 Å². The summed E-state index contributed by atoms with van der Waals surface area (Å²) in [7, 11) is 1.29. The van der Waals surface area contributed by atoms with E-state index >= 15 is 0 Å². The number of amides is 1. The molecule has 0 saturated carbocycles.